The fraction of sp³-hybridized carbons (Fsp3) is 0.286. The zero-order valence-electron chi connectivity index (χ0n) is 11.6. The molecular weight excluding hydrogens is 351 g/mol. The third kappa shape index (κ3) is 3.59. The largest absolute Gasteiger partial charge is 0.427 e. The van der Waals surface area contributed by atoms with Crippen molar-refractivity contribution in [2.45, 2.75) is 24.6 Å². The van der Waals surface area contributed by atoms with E-state index in [1.807, 2.05) is 6.07 Å². The molecule has 4 nitrogen and oxygen atoms in total. The van der Waals surface area contributed by atoms with Crippen LogP contribution in [0, 0.1) is 0 Å². The highest BCUT2D eigenvalue weighted by atomic mass is 35.5. The molecule has 1 fully saturated rings. The molecule has 122 valence electrons. The van der Waals surface area contributed by atoms with Crippen molar-refractivity contribution in [3.05, 3.63) is 45.9 Å². The lowest BCUT2D eigenvalue weighted by atomic mass is 10.1. The molecule has 2 amide bonds. The molecule has 0 spiro atoms. The molecule has 9 heteroatoms. The Labute approximate surface area is 138 Å². The highest BCUT2D eigenvalue weighted by molar-refractivity contribution is 7.15. The van der Waals surface area contributed by atoms with Gasteiger partial charge in [0.25, 0.3) is 0 Å². The smallest absolute Gasteiger partial charge is 0.328 e. The molecule has 2 N–H and O–H groups in total. The van der Waals surface area contributed by atoms with Gasteiger partial charge in [-0.2, -0.15) is 13.2 Å². The van der Waals surface area contributed by atoms with Crippen LogP contribution in [-0.2, 0) is 11.7 Å². The van der Waals surface area contributed by atoms with Gasteiger partial charge in [0.15, 0.2) is 5.13 Å². The normalized spacial score (nSPS) is 16.0. The lowest BCUT2D eigenvalue weighted by Crippen LogP contribution is -2.38. The average molecular weight is 362 g/mol. The molecule has 0 atom stereocenters. The number of hydrogen-bond acceptors (Lipinski definition) is 3. The summed E-state index contributed by atoms with van der Waals surface area (Å²) in [6.07, 6.45) is -2.28. The Morgan fingerprint density at radius 2 is 2.09 bits per heavy atom. The molecule has 0 bridgehead atoms. The molecule has 3 rings (SSSR count). The fourth-order valence-electron chi connectivity index (χ4n) is 2.21. The van der Waals surface area contributed by atoms with Crippen molar-refractivity contribution in [3.63, 3.8) is 0 Å². The Morgan fingerprint density at radius 1 is 1.35 bits per heavy atom. The number of aromatic nitrogens is 1. The van der Waals surface area contributed by atoms with E-state index >= 15 is 0 Å². The van der Waals surface area contributed by atoms with Gasteiger partial charge in [0.2, 0.25) is 0 Å². The zero-order chi connectivity index (χ0) is 16.7. The first kappa shape index (κ1) is 16.1. The summed E-state index contributed by atoms with van der Waals surface area (Å²) in [5.41, 5.74) is 0.356. The first-order valence-electron chi connectivity index (χ1n) is 6.67. The van der Waals surface area contributed by atoms with Crippen LogP contribution in [0.25, 0.3) is 0 Å². The molecule has 1 heterocycles. The summed E-state index contributed by atoms with van der Waals surface area (Å²) in [5, 5.41) is 5.58. The Morgan fingerprint density at radius 3 is 2.65 bits per heavy atom. The lowest BCUT2D eigenvalue weighted by molar-refractivity contribution is -0.134. The Bertz CT molecular complexity index is 743. The average Bonchev–Trinajstić information content (AvgIpc) is 3.06. The van der Waals surface area contributed by atoms with Gasteiger partial charge in [-0.05, 0) is 30.5 Å². The highest BCUT2D eigenvalue weighted by Crippen LogP contribution is 2.46. The van der Waals surface area contributed by atoms with Gasteiger partial charge in [-0.1, -0.05) is 35.1 Å². The molecule has 0 unspecified atom stereocenters. The van der Waals surface area contributed by atoms with E-state index in [9.17, 15) is 18.0 Å². The van der Waals surface area contributed by atoms with Crippen molar-refractivity contribution in [2.24, 2.45) is 0 Å². The summed E-state index contributed by atoms with van der Waals surface area (Å²) in [6.45, 7) is 0. The number of carbonyl (C=O) groups is 1. The predicted molar refractivity (Wildman–Crippen MR) is 81.6 cm³/mol. The number of amides is 2. The molecule has 1 aliphatic rings. The second-order valence-electron chi connectivity index (χ2n) is 5.20. The zero-order valence-corrected chi connectivity index (χ0v) is 13.1. The molecule has 2 aromatic rings. The van der Waals surface area contributed by atoms with E-state index in [0.29, 0.717) is 22.6 Å². The van der Waals surface area contributed by atoms with Gasteiger partial charge in [-0.15, -0.1) is 0 Å². The number of hydrogen-bond donors (Lipinski definition) is 2. The lowest BCUT2D eigenvalue weighted by Gasteiger charge is -2.18. The van der Waals surface area contributed by atoms with Crippen molar-refractivity contribution in [3.8, 4) is 0 Å². The Hall–Kier alpha value is -1.80. The molecule has 0 aliphatic heterocycles. The van der Waals surface area contributed by atoms with Crippen LogP contribution < -0.4 is 10.6 Å². The number of alkyl halides is 3. The second-order valence-corrected chi connectivity index (χ2v) is 6.67. The summed E-state index contributed by atoms with van der Waals surface area (Å²) in [5.74, 6) is 0. The quantitative estimate of drug-likeness (QED) is 0.837. The number of halogens is 4. The van der Waals surface area contributed by atoms with Gasteiger partial charge in [0.05, 0.1) is 11.7 Å². The summed E-state index contributed by atoms with van der Waals surface area (Å²) in [6, 6.07) is 6.54. The number of carbonyl (C=O) groups excluding carboxylic acids is 1. The maximum atomic E-state index is 12.5. The van der Waals surface area contributed by atoms with E-state index in [4.69, 9.17) is 11.6 Å². The van der Waals surface area contributed by atoms with Crippen LogP contribution >= 0.6 is 22.9 Å². The SMILES string of the molecule is O=C(Nc1ncc(C(F)(F)F)s1)NC1(c2cccc(Cl)c2)CC1. The van der Waals surface area contributed by atoms with Gasteiger partial charge >= 0.3 is 12.2 Å². The monoisotopic (exact) mass is 361 g/mol. The molecule has 23 heavy (non-hydrogen) atoms. The standard InChI is InChI=1S/C14H11ClF3N3OS/c15-9-3-1-2-8(6-9)13(4-5-13)21-11(22)20-12-19-7-10(23-12)14(16,17)18/h1-3,6-7H,4-5H2,(H2,19,20,21,22). The minimum absolute atomic E-state index is 0.100. The van der Waals surface area contributed by atoms with Crippen LogP contribution in [0.5, 0.6) is 0 Å². The van der Waals surface area contributed by atoms with Crippen molar-refractivity contribution in [2.75, 3.05) is 5.32 Å². The van der Waals surface area contributed by atoms with E-state index in [0.717, 1.165) is 18.4 Å². The van der Waals surface area contributed by atoms with Gasteiger partial charge in [-0.3, -0.25) is 5.32 Å². The van der Waals surface area contributed by atoms with Crippen LogP contribution in [0.4, 0.5) is 23.1 Å². The fourth-order valence-corrected chi connectivity index (χ4v) is 3.07. The number of rotatable bonds is 3. The van der Waals surface area contributed by atoms with Crippen LogP contribution in [-0.4, -0.2) is 11.0 Å². The van der Waals surface area contributed by atoms with E-state index < -0.39 is 22.6 Å². The van der Waals surface area contributed by atoms with E-state index in [2.05, 4.69) is 15.6 Å². The van der Waals surface area contributed by atoms with Gasteiger partial charge < -0.3 is 5.32 Å². The van der Waals surface area contributed by atoms with Crippen LogP contribution in [0.3, 0.4) is 0 Å². The molecule has 0 radical (unpaired) electrons. The summed E-state index contributed by atoms with van der Waals surface area (Å²) in [7, 11) is 0. The molecule has 1 saturated carbocycles. The van der Waals surface area contributed by atoms with Crippen molar-refractivity contribution in [1.82, 2.24) is 10.3 Å². The van der Waals surface area contributed by atoms with Crippen LogP contribution in [0.1, 0.15) is 23.3 Å². The van der Waals surface area contributed by atoms with Gasteiger partial charge in [-0.25, -0.2) is 9.78 Å². The van der Waals surface area contributed by atoms with Crippen molar-refractivity contribution in [1.29, 1.82) is 0 Å². The van der Waals surface area contributed by atoms with Gasteiger partial charge in [0, 0.05) is 5.02 Å². The molecular formula is C14H11ClF3N3OS. The Kier molecular flexibility index (Phi) is 3.97. The molecule has 1 aromatic carbocycles. The van der Waals surface area contributed by atoms with Crippen LogP contribution in [0.2, 0.25) is 5.02 Å². The number of thiazole rings is 1. The third-order valence-electron chi connectivity index (χ3n) is 3.49. The van der Waals surface area contributed by atoms with Crippen molar-refractivity contribution < 1.29 is 18.0 Å². The van der Waals surface area contributed by atoms with E-state index in [1.165, 1.54) is 0 Å². The first-order valence-corrected chi connectivity index (χ1v) is 7.86. The number of urea groups is 1. The maximum Gasteiger partial charge on any atom is 0.427 e. The van der Waals surface area contributed by atoms with E-state index in [-0.39, 0.29) is 5.13 Å². The predicted octanol–water partition coefficient (Wildman–Crippen LogP) is 4.63. The van der Waals surface area contributed by atoms with E-state index in [1.54, 1.807) is 18.2 Å². The number of anilines is 1. The highest BCUT2D eigenvalue weighted by Gasteiger charge is 2.46. The molecule has 1 aromatic heterocycles. The van der Waals surface area contributed by atoms with Crippen molar-refractivity contribution >= 4 is 34.1 Å². The van der Waals surface area contributed by atoms with Crippen LogP contribution in [0.15, 0.2) is 30.5 Å². The minimum atomic E-state index is -4.47. The maximum absolute atomic E-state index is 12.5. The number of nitrogens with one attached hydrogen (secondary N) is 2. The Balaban J connectivity index is 1.67. The minimum Gasteiger partial charge on any atom is -0.328 e. The summed E-state index contributed by atoms with van der Waals surface area (Å²) < 4.78 is 37.5. The van der Waals surface area contributed by atoms with Gasteiger partial charge in [0.1, 0.15) is 4.88 Å². The topological polar surface area (TPSA) is 54.0 Å². The molecule has 0 saturated heterocycles. The summed E-state index contributed by atoms with van der Waals surface area (Å²) >= 11 is 6.33. The third-order valence-corrected chi connectivity index (χ3v) is 4.68. The number of benzene rings is 1. The second kappa shape index (κ2) is 5.68. The number of nitrogens with zero attached hydrogens (tertiary/aromatic N) is 1. The summed E-state index contributed by atoms with van der Waals surface area (Å²) in [4.78, 5) is 14.7. The first-order chi connectivity index (χ1) is 10.8. The molecule has 1 aliphatic carbocycles.